The predicted molar refractivity (Wildman–Crippen MR) is 72.9 cm³/mol. The molecule has 0 bridgehead atoms. The maximum Gasteiger partial charge on any atom is 0.333 e. The molecule has 100 valence electrons. The number of carbonyl (C=O) groups is 1. The monoisotopic (exact) mass is 240 g/mol. The van der Waals surface area contributed by atoms with Crippen LogP contribution in [-0.4, -0.2) is 12.1 Å². The molecule has 0 saturated heterocycles. The van der Waals surface area contributed by atoms with Crippen LogP contribution in [0.2, 0.25) is 0 Å². The smallest absolute Gasteiger partial charge is 0.333 e. The molecule has 0 aromatic rings. The fourth-order valence-electron chi connectivity index (χ4n) is 2.17. The second-order valence-electron chi connectivity index (χ2n) is 4.85. The van der Waals surface area contributed by atoms with E-state index in [-0.39, 0.29) is 12.1 Å². The van der Waals surface area contributed by atoms with Crippen LogP contribution in [0, 0.1) is 5.92 Å². The normalized spacial score (nSPS) is 12.5. The van der Waals surface area contributed by atoms with Gasteiger partial charge in [-0.3, -0.25) is 0 Å². The molecule has 17 heavy (non-hydrogen) atoms. The average Bonchev–Trinajstić information content (AvgIpc) is 2.28. The third kappa shape index (κ3) is 6.50. The first-order chi connectivity index (χ1) is 8.06. The molecule has 0 aliphatic rings. The van der Waals surface area contributed by atoms with E-state index in [0.717, 1.165) is 38.5 Å². The fraction of sp³-hybridized carbons (Fsp3) is 0.800. The van der Waals surface area contributed by atoms with E-state index in [1.54, 1.807) is 6.92 Å². The van der Waals surface area contributed by atoms with Gasteiger partial charge in [-0.2, -0.15) is 0 Å². The summed E-state index contributed by atoms with van der Waals surface area (Å²) < 4.78 is 5.58. The van der Waals surface area contributed by atoms with Gasteiger partial charge in [-0.1, -0.05) is 46.6 Å². The Morgan fingerprint density at radius 2 is 1.53 bits per heavy atom. The van der Waals surface area contributed by atoms with Crippen LogP contribution in [0.1, 0.15) is 66.2 Å². The van der Waals surface area contributed by atoms with Crippen molar-refractivity contribution in [2.24, 2.45) is 5.92 Å². The zero-order valence-electron chi connectivity index (χ0n) is 11.9. The van der Waals surface area contributed by atoms with Gasteiger partial charge in [-0.05, 0) is 32.1 Å². The largest absolute Gasteiger partial charge is 0.459 e. The molecule has 0 aromatic heterocycles. The Morgan fingerprint density at radius 3 is 1.88 bits per heavy atom. The number of rotatable bonds is 9. The second kappa shape index (κ2) is 9.26. The minimum atomic E-state index is -0.236. The van der Waals surface area contributed by atoms with E-state index >= 15 is 0 Å². The van der Waals surface area contributed by atoms with Crippen molar-refractivity contribution >= 4 is 5.97 Å². The van der Waals surface area contributed by atoms with Gasteiger partial charge in [0.2, 0.25) is 0 Å². The molecule has 0 radical (unpaired) electrons. The van der Waals surface area contributed by atoms with Crippen LogP contribution in [0.3, 0.4) is 0 Å². The first-order valence-corrected chi connectivity index (χ1v) is 6.93. The lowest BCUT2D eigenvalue weighted by atomic mass is 9.90. The minimum Gasteiger partial charge on any atom is -0.459 e. The SMILES string of the molecule is C=C(C)C(=O)OC(CCC)C(CCC)CCC. The van der Waals surface area contributed by atoms with Crippen molar-refractivity contribution in [1.82, 2.24) is 0 Å². The molecular formula is C15H28O2. The highest BCUT2D eigenvalue weighted by Crippen LogP contribution is 2.24. The topological polar surface area (TPSA) is 26.3 Å². The van der Waals surface area contributed by atoms with Crippen molar-refractivity contribution in [3.63, 3.8) is 0 Å². The van der Waals surface area contributed by atoms with E-state index in [1.165, 1.54) is 0 Å². The Bertz CT molecular complexity index is 227. The first-order valence-electron chi connectivity index (χ1n) is 6.93. The Morgan fingerprint density at radius 1 is 1.06 bits per heavy atom. The minimum absolute atomic E-state index is 0.0732. The van der Waals surface area contributed by atoms with E-state index in [2.05, 4.69) is 27.4 Å². The molecule has 0 aromatic carbocycles. The zero-order valence-corrected chi connectivity index (χ0v) is 11.9. The van der Waals surface area contributed by atoms with Gasteiger partial charge in [-0.25, -0.2) is 4.79 Å². The quantitative estimate of drug-likeness (QED) is 0.438. The van der Waals surface area contributed by atoms with Crippen LogP contribution in [0.4, 0.5) is 0 Å². The summed E-state index contributed by atoms with van der Waals surface area (Å²) >= 11 is 0. The zero-order chi connectivity index (χ0) is 13.3. The number of hydrogen-bond donors (Lipinski definition) is 0. The summed E-state index contributed by atoms with van der Waals surface area (Å²) in [7, 11) is 0. The molecule has 0 saturated carbocycles. The highest BCUT2D eigenvalue weighted by atomic mass is 16.5. The molecule has 0 aliphatic heterocycles. The van der Waals surface area contributed by atoms with Crippen LogP contribution in [-0.2, 0) is 9.53 Å². The van der Waals surface area contributed by atoms with Gasteiger partial charge in [0.15, 0.2) is 0 Å². The Kier molecular flexibility index (Phi) is 8.83. The fourth-order valence-corrected chi connectivity index (χ4v) is 2.17. The van der Waals surface area contributed by atoms with Gasteiger partial charge in [-0.15, -0.1) is 0 Å². The number of esters is 1. The van der Waals surface area contributed by atoms with Crippen LogP contribution in [0.5, 0.6) is 0 Å². The molecule has 0 heterocycles. The standard InChI is InChI=1S/C15H28O2/c1-6-9-13(10-7-2)14(11-8-3)17-15(16)12(4)5/h13-14H,4,6-11H2,1-3,5H3. The molecule has 0 aliphatic carbocycles. The Labute approximate surface area is 106 Å². The molecule has 0 amide bonds. The van der Waals surface area contributed by atoms with E-state index in [1.807, 2.05) is 0 Å². The van der Waals surface area contributed by atoms with Crippen molar-refractivity contribution < 1.29 is 9.53 Å². The molecule has 2 nitrogen and oxygen atoms in total. The number of ether oxygens (including phenoxy) is 1. The third-order valence-corrected chi connectivity index (χ3v) is 3.02. The van der Waals surface area contributed by atoms with Crippen LogP contribution in [0.25, 0.3) is 0 Å². The van der Waals surface area contributed by atoms with Crippen molar-refractivity contribution in [2.45, 2.75) is 72.3 Å². The summed E-state index contributed by atoms with van der Waals surface area (Å²) in [6, 6.07) is 0. The van der Waals surface area contributed by atoms with Gasteiger partial charge in [0.05, 0.1) is 0 Å². The van der Waals surface area contributed by atoms with Crippen LogP contribution >= 0.6 is 0 Å². The molecular weight excluding hydrogens is 212 g/mol. The van der Waals surface area contributed by atoms with Crippen molar-refractivity contribution in [1.29, 1.82) is 0 Å². The number of hydrogen-bond acceptors (Lipinski definition) is 2. The second-order valence-corrected chi connectivity index (χ2v) is 4.85. The van der Waals surface area contributed by atoms with Crippen LogP contribution in [0.15, 0.2) is 12.2 Å². The summed E-state index contributed by atoms with van der Waals surface area (Å²) in [5.74, 6) is 0.272. The Hall–Kier alpha value is -0.790. The molecule has 0 rings (SSSR count). The lowest BCUT2D eigenvalue weighted by Crippen LogP contribution is -2.27. The van der Waals surface area contributed by atoms with E-state index < -0.39 is 0 Å². The predicted octanol–water partition coefficient (Wildman–Crippen LogP) is 4.49. The molecule has 2 heteroatoms. The lowest BCUT2D eigenvalue weighted by Gasteiger charge is -2.26. The third-order valence-electron chi connectivity index (χ3n) is 3.02. The lowest BCUT2D eigenvalue weighted by molar-refractivity contribution is -0.147. The van der Waals surface area contributed by atoms with Gasteiger partial charge in [0.1, 0.15) is 6.10 Å². The molecule has 0 fully saturated rings. The summed E-state index contributed by atoms with van der Waals surface area (Å²) in [5, 5.41) is 0. The highest BCUT2D eigenvalue weighted by Gasteiger charge is 2.23. The summed E-state index contributed by atoms with van der Waals surface area (Å²) in [4.78, 5) is 11.6. The highest BCUT2D eigenvalue weighted by molar-refractivity contribution is 5.87. The average molecular weight is 240 g/mol. The van der Waals surface area contributed by atoms with Gasteiger partial charge < -0.3 is 4.74 Å². The maximum absolute atomic E-state index is 11.6. The number of carbonyl (C=O) groups excluding carboxylic acids is 1. The molecule has 1 atom stereocenters. The molecule has 1 unspecified atom stereocenters. The van der Waals surface area contributed by atoms with Gasteiger partial charge >= 0.3 is 5.97 Å². The molecule has 0 N–H and O–H groups in total. The van der Waals surface area contributed by atoms with Crippen molar-refractivity contribution in [2.75, 3.05) is 0 Å². The van der Waals surface area contributed by atoms with E-state index in [0.29, 0.717) is 11.5 Å². The van der Waals surface area contributed by atoms with Crippen molar-refractivity contribution in [3.8, 4) is 0 Å². The first kappa shape index (κ1) is 16.2. The summed E-state index contributed by atoms with van der Waals surface area (Å²) in [6.45, 7) is 11.9. The summed E-state index contributed by atoms with van der Waals surface area (Å²) in [6.07, 6.45) is 6.67. The van der Waals surface area contributed by atoms with E-state index in [4.69, 9.17) is 4.74 Å². The summed E-state index contributed by atoms with van der Waals surface area (Å²) in [5.41, 5.74) is 0.498. The Balaban J connectivity index is 4.53. The van der Waals surface area contributed by atoms with Crippen molar-refractivity contribution in [3.05, 3.63) is 12.2 Å². The van der Waals surface area contributed by atoms with Gasteiger partial charge in [0, 0.05) is 5.57 Å². The van der Waals surface area contributed by atoms with Crippen LogP contribution < -0.4 is 0 Å². The van der Waals surface area contributed by atoms with Gasteiger partial charge in [0.25, 0.3) is 0 Å². The maximum atomic E-state index is 11.6. The molecule has 0 spiro atoms. The van der Waals surface area contributed by atoms with E-state index in [9.17, 15) is 4.79 Å².